The lowest BCUT2D eigenvalue weighted by Gasteiger charge is -2.09. The number of rotatable bonds is 2. The van der Waals surface area contributed by atoms with E-state index in [9.17, 15) is 18.0 Å². The molecule has 22 heavy (non-hydrogen) atoms. The SMILES string of the molecule is O=C(Nc1cccc2c1OCO2)c1ccc(C(F)(F)F)cc1. The Labute approximate surface area is 123 Å². The number of hydrogen-bond acceptors (Lipinski definition) is 3. The quantitative estimate of drug-likeness (QED) is 0.920. The molecule has 4 nitrogen and oxygen atoms in total. The van der Waals surface area contributed by atoms with E-state index in [0.717, 1.165) is 24.3 Å². The lowest BCUT2D eigenvalue weighted by atomic mass is 10.1. The van der Waals surface area contributed by atoms with E-state index in [-0.39, 0.29) is 12.4 Å². The molecule has 0 atom stereocenters. The molecule has 3 rings (SSSR count). The number of halogens is 3. The maximum atomic E-state index is 12.5. The van der Waals surface area contributed by atoms with Gasteiger partial charge in [-0.3, -0.25) is 4.79 Å². The lowest BCUT2D eigenvalue weighted by Crippen LogP contribution is -2.13. The van der Waals surface area contributed by atoms with Gasteiger partial charge in [-0.05, 0) is 36.4 Å². The van der Waals surface area contributed by atoms with Crippen molar-refractivity contribution in [2.75, 3.05) is 12.1 Å². The molecule has 0 saturated carbocycles. The third-order valence-electron chi connectivity index (χ3n) is 3.12. The molecule has 0 bridgehead atoms. The van der Waals surface area contributed by atoms with E-state index in [4.69, 9.17) is 9.47 Å². The number of fused-ring (bicyclic) bond motifs is 1. The van der Waals surface area contributed by atoms with Crippen molar-refractivity contribution in [3.05, 3.63) is 53.6 Å². The van der Waals surface area contributed by atoms with Crippen molar-refractivity contribution in [1.29, 1.82) is 0 Å². The number of hydrogen-bond donors (Lipinski definition) is 1. The summed E-state index contributed by atoms with van der Waals surface area (Å²) >= 11 is 0. The van der Waals surface area contributed by atoms with E-state index < -0.39 is 17.6 Å². The first-order valence-electron chi connectivity index (χ1n) is 6.32. The zero-order valence-electron chi connectivity index (χ0n) is 11.1. The number of benzene rings is 2. The minimum absolute atomic E-state index is 0.0580. The second kappa shape index (κ2) is 5.25. The summed E-state index contributed by atoms with van der Waals surface area (Å²) in [6, 6.07) is 8.97. The summed E-state index contributed by atoms with van der Waals surface area (Å²) < 4.78 is 47.9. The van der Waals surface area contributed by atoms with E-state index in [1.165, 1.54) is 0 Å². The molecule has 0 saturated heterocycles. The Morgan fingerprint density at radius 1 is 1.05 bits per heavy atom. The molecule has 0 unspecified atom stereocenters. The molecule has 0 spiro atoms. The second-order valence-corrected chi connectivity index (χ2v) is 4.57. The van der Waals surface area contributed by atoms with Gasteiger partial charge in [0, 0.05) is 5.56 Å². The van der Waals surface area contributed by atoms with Crippen LogP contribution in [0.2, 0.25) is 0 Å². The Morgan fingerprint density at radius 2 is 1.77 bits per heavy atom. The molecule has 7 heteroatoms. The average molecular weight is 309 g/mol. The highest BCUT2D eigenvalue weighted by atomic mass is 19.4. The van der Waals surface area contributed by atoms with Crippen LogP contribution in [0.5, 0.6) is 11.5 Å². The Balaban J connectivity index is 1.79. The van der Waals surface area contributed by atoms with E-state index in [0.29, 0.717) is 17.2 Å². The van der Waals surface area contributed by atoms with Crippen LogP contribution in [0.3, 0.4) is 0 Å². The molecule has 0 aliphatic carbocycles. The maximum absolute atomic E-state index is 12.5. The summed E-state index contributed by atoms with van der Waals surface area (Å²) in [4.78, 5) is 12.1. The zero-order valence-corrected chi connectivity index (χ0v) is 11.1. The summed E-state index contributed by atoms with van der Waals surface area (Å²) in [5.41, 5.74) is -0.286. The van der Waals surface area contributed by atoms with Crippen LogP contribution in [0.1, 0.15) is 15.9 Å². The standard InChI is InChI=1S/C15H10F3NO3/c16-15(17,18)10-6-4-9(5-7-10)14(20)19-11-2-1-3-12-13(11)22-8-21-12/h1-7H,8H2,(H,19,20). The number of ether oxygens (including phenoxy) is 2. The van der Waals surface area contributed by atoms with Crippen LogP contribution in [0.25, 0.3) is 0 Å². The number of carbonyl (C=O) groups is 1. The van der Waals surface area contributed by atoms with Crippen LogP contribution in [0, 0.1) is 0 Å². The van der Waals surface area contributed by atoms with Crippen molar-refractivity contribution >= 4 is 11.6 Å². The van der Waals surface area contributed by atoms with Crippen molar-refractivity contribution in [3.63, 3.8) is 0 Å². The van der Waals surface area contributed by atoms with Gasteiger partial charge in [-0.15, -0.1) is 0 Å². The summed E-state index contributed by atoms with van der Waals surface area (Å²) in [6.07, 6.45) is -4.43. The first-order chi connectivity index (χ1) is 10.4. The highest BCUT2D eigenvalue weighted by molar-refractivity contribution is 6.05. The Morgan fingerprint density at radius 3 is 2.45 bits per heavy atom. The molecule has 2 aromatic rings. The zero-order chi connectivity index (χ0) is 15.7. The Kier molecular flexibility index (Phi) is 3.40. The molecule has 1 amide bonds. The summed E-state index contributed by atoms with van der Waals surface area (Å²) in [6.45, 7) is 0.0580. The molecule has 0 radical (unpaired) electrons. The maximum Gasteiger partial charge on any atom is 0.416 e. The highest BCUT2D eigenvalue weighted by Gasteiger charge is 2.30. The number of anilines is 1. The summed E-state index contributed by atoms with van der Waals surface area (Å²) in [7, 11) is 0. The molecule has 1 heterocycles. The molecule has 0 aromatic heterocycles. The van der Waals surface area contributed by atoms with Gasteiger partial charge in [-0.2, -0.15) is 13.2 Å². The summed E-state index contributed by atoms with van der Waals surface area (Å²) in [5.74, 6) is 0.380. The Hall–Kier alpha value is -2.70. The van der Waals surface area contributed by atoms with Gasteiger partial charge < -0.3 is 14.8 Å². The first kappa shape index (κ1) is 14.2. The van der Waals surface area contributed by atoms with Crippen molar-refractivity contribution < 1.29 is 27.4 Å². The smallest absolute Gasteiger partial charge is 0.416 e. The van der Waals surface area contributed by atoms with Crippen LogP contribution >= 0.6 is 0 Å². The van der Waals surface area contributed by atoms with Gasteiger partial charge in [-0.25, -0.2) is 0 Å². The average Bonchev–Trinajstić information content (AvgIpc) is 2.96. The van der Waals surface area contributed by atoms with Crippen molar-refractivity contribution in [2.24, 2.45) is 0 Å². The molecule has 1 aliphatic rings. The number of carbonyl (C=O) groups excluding carboxylic acids is 1. The number of nitrogens with one attached hydrogen (secondary N) is 1. The summed E-state index contributed by atoms with van der Waals surface area (Å²) in [5, 5.41) is 2.59. The van der Waals surface area contributed by atoms with Gasteiger partial charge in [0.2, 0.25) is 6.79 Å². The van der Waals surface area contributed by atoms with Crippen molar-refractivity contribution in [2.45, 2.75) is 6.18 Å². The van der Waals surface area contributed by atoms with E-state index >= 15 is 0 Å². The second-order valence-electron chi connectivity index (χ2n) is 4.57. The third kappa shape index (κ3) is 2.69. The van der Waals surface area contributed by atoms with E-state index in [1.54, 1.807) is 18.2 Å². The van der Waals surface area contributed by atoms with Crippen molar-refractivity contribution in [3.8, 4) is 11.5 Å². The fourth-order valence-corrected chi connectivity index (χ4v) is 2.03. The van der Waals surface area contributed by atoms with Gasteiger partial charge in [0.1, 0.15) is 0 Å². The number of amides is 1. The topological polar surface area (TPSA) is 47.6 Å². The predicted molar refractivity (Wildman–Crippen MR) is 72.0 cm³/mol. The molecule has 114 valence electrons. The normalized spacial score (nSPS) is 13.0. The van der Waals surface area contributed by atoms with Gasteiger partial charge in [-0.1, -0.05) is 6.07 Å². The molecular formula is C15H10F3NO3. The minimum atomic E-state index is -4.43. The number of alkyl halides is 3. The fourth-order valence-electron chi connectivity index (χ4n) is 2.03. The highest BCUT2D eigenvalue weighted by Crippen LogP contribution is 2.39. The molecular weight excluding hydrogens is 299 g/mol. The van der Waals surface area contributed by atoms with E-state index in [2.05, 4.69) is 5.32 Å². The van der Waals surface area contributed by atoms with Crippen LogP contribution in [-0.4, -0.2) is 12.7 Å². The molecule has 1 N–H and O–H groups in total. The third-order valence-corrected chi connectivity index (χ3v) is 3.12. The van der Waals surface area contributed by atoms with Crippen LogP contribution in [0.15, 0.2) is 42.5 Å². The van der Waals surface area contributed by atoms with Crippen LogP contribution < -0.4 is 14.8 Å². The Bertz CT molecular complexity index is 711. The van der Waals surface area contributed by atoms with E-state index in [1.807, 2.05) is 0 Å². The largest absolute Gasteiger partial charge is 0.454 e. The fraction of sp³-hybridized carbons (Fsp3) is 0.133. The minimum Gasteiger partial charge on any atom is -0.454 e. The van der Waals surface area contributed by atoms with Gasteiger partial charge in [0.05, 0.1) is 11.3 Å². The molecule has 1 aliphatic heterocycles. The van der Waals surface area contributed by atoms with Crippen molar-refractivity contribution in [1.82, 2.24) is 0 Å². The monoisotopic (exact) mass is 309 g/mol. The van der Waals surface area contributed by atoms with Gasteiger partial charge in [0.25, 0.3) is 5.91 Å². The predicted octanol–water partition coefficient (Wildman–Crippen LogP) is 3.69. The molecule has 0 fully saturated rings. The van der Waals surface area contributed by atoms with Crippen LogP contribution in [-0.2, 0) is 6.18 Å². The lowest BCUT2D eigenvalue weighted by molar-refractivity contribution is -0.137. The van der Waals surface area contributed by atoms with Gasteiger partial charge >= 0.3 is 6.18 Å². The molecule has 2 aromatic carbocycles. The van der Waals surface area contributed by atoms with Crippen LogP contribution in [0.4, 0.5) is 18.9 Å². The first-order valence-corrected chi connectivity index (χ1v) is 6.32. The van der Waals surface area contributed by atoms with Gasteiger partial charge in [0.15, 0.2) is 11.5 Å². The number of para-hydroxylation sites is 1.